The summed E-state index contributed by atoms with van der Waals surface area (Å²) in [4.78, 5) is 44.9. The average molecular weight is 388 g/mol. The molecule has 2 unspecified atom stereocenters. The largest absolute Gasteiger partial charge is 0.356 e. The third-order valence-electron chi connectivity index (χ3n) is 5.82. The van der Waals surface area contributed by atoms with E-state index in [1.807, 2.05) is 13.0 Å². The van der Waals surface area contributed by atoms with Gasteiger partial charge in [-0.1, -0.05) is 0 Å². The first-order chi connectivity index (χ1) is 13.4. The summed E-state index contributed by atoms with van der Waals surface area (Å²) in [6.07, 6.45) is 0.330. The van der Waals surface area contributed by atoms with Crippen LogP contribution in [0.25, 0.3) is 0 Å². The van der Waals surface area contributed by atoms with E-state index in [-0.39, 0.29) is 36.5 Å². The zero-order chi connectivity index (χ0) is 20.0. The Hall–Kier alpha value is -2.52. The van der Waals surface area contributed by atoms with Crippen LogP contribution in [-0.4, -0.2) is 67.2 Å². The lowest BCUT2D eigenvalue weighted by atomic mass is 9.99. The van der Waals surface area contributed by atoms with Crippen molar-refractivity contribution >= 4 is 23.5 Å². The highest BCUT2D eigenvalue weighted by molar-refractivity contribution is 6.05. The molecule has 2 fully saturated rings. The van der Waals surface area contributed by atoms with Gasteiger partial charge in [0, 0.05) is 39.6 Å². The number of hydrogen-bond donors (Lipinski definition) is 1. The van der Waals surface area contributed by atoms with E-state index >= 15 is 0 Å². The Kier molecular flexibility index (Phi) is 4.80. The van der Waals surface area contributed by atoms with Gasteiger partial charge in [-0.05, 0) is 25.5 Å². The van der Waals surface area contributed by atoms with Crippen LogP contribution in [0.1, 0.15) is 41.9 Å². The molecule has 0 radical (unpaired) electrons. The number of hydrogen-bond acceptors (Lipinski definition) is 7. The standard InChI is InChI=1S/C19H24N4O5/c1-10-16-12(18(26)23(10)13-5-7-15(24)21-17(13)25)4-6-14(20-16)22-8-11(9-22)19(27-2)28-3/h4,6,10-11,13,19H,5,7-9H2,1-3H3,(H,21,24,25). The highest BCUT2D eigenvalue weighted by Crippen LogP contribution is 2.37. The molecule has 150 valence electrons. The maximum Gasteiger partial charge on any atom is 0.257 e. The molecule has 3 aliphatic rings. The van der Waals surface area contributed by atoms with Gasteiger partial charge in [0.05, 0.1) is 17.3 Å². The van der Waals surface area contributed by atoms with Gasteiger partial charge in [-0.2, -0.15) is 0 Å². The lowest BCUT2D eigenvalue weighted by Crippen LogP contribution is -2.53. The number of methoxy groups -OCH3 is 2. The molecule has 1 aromatic heterocycles. The Morgan fingerprint density at radius 1 is 1.18 bits per heavy atom. The summed E-state index contributed by atoms with van der Waals surface area (Å²) < 4.78 is 10.6. The number of pyridine rings is 1. The molecule has 9 heteroatoms. The highest BCUT2D eigenvalue weighted by atomic mass is 16.7. The van der Waals surface area contributed by atoms with E-state index in [9.17, 15) is 14.4 Å². The van der Waals surface area contributed by atoms with Crippen molar-refractivity contribution in [1.29, 1.82) is 0 Å². The quantitative estimate of drug-likeness (QED) is 0.578. The van der Waals surface area contributed by atoms with E-state index in [0.717, 1.165) is 18.9 Å². The minimum atomic E-state index is -0.643. The Bertz CT molecular complexity index is 819. The van der Waals surface area contributed by atoms with Crippen LogP contribution in [0, 0.1) is 5.92 Å². The maximum absolute atomic E-state index is 12.9. The second kappa shape index (κ2) is 7.14. The van der Waals surface area contributed by atoms with Gasteiger partial charge >= 0.3 is 0 Å². The fraction of sp³-hybridized carbons (Fsp3) is 0.579. The van der Waals surface area contributed by atoms with E-state index in [1.54, 1.807) is 25.2 Å². The summed E-state index contributed by atoms with van der Waals surface area (Å²) in [6, 6.07) is 2.65. The van der Waals surface area contributed by atoms with Gasteiger partial charge in [0.25, 0.3) is 5.91 Å². The van der Waals surface area contributed by atoms with Crippen molar-refractivity contribution in [2.45, 2.75) is 38.1 Å². The van der Waals surface area contributed by atoms with Crippen molar-refractivity contribution in [3.05, 3.63) is 23.4 Å². The third kappa shape index (κ3) is 2.94. The Balaban J connectivity index is 1.51. The number of piperidine rings is 1. The van der Waals surface area contributed by atoms with Crippen LogP contribution in [0.4, 0.5) is 5.82 Å². The maximum atomic E-state index is 12.9. The van der Waals surface area contributed by atoms with Crippen LogP contribution < -0.4 is 10.2 Å². The van der Waals surface area contributed by atoms with Crippen molar-refractivity contribution in [2.24, 2.45) is 5.92 Å². The van der Waals surface area contributed by atoms with Crippen molar-refractivity contribution < 1.29 is 23.9 Å². The molecular weight excluding hydrogens is 364 g/mol. The summed E-state index contributed by atoms with van der Waals surface area (Å²) >= 11 is 0. The molecule has 9 nitrogen and oxygen atoms in total. The SMILES string of the molecule is COC(OC)C1CN(c2ccc3c(n2)C(C)N(C2CCC(=O)NC2=O)C3=O)C1. The molecule has 0 spiro atoms. The first-order valence-corrected chi connectivity index (χ1v) is 9.42. The minimum absolute atomic E-state index is 0.212. The van der Waals surface area contributed by atoms with E-state index in [1.165, 1.54) is 0 Å². The van der Waals surface area contributed by atoms with Crippen LogP contribution in [0.3, 0.4) is 0 Å². The fourth-order valence-corrected chi connectivity index (χ4v) is 4.30. The van der Waals surface area contributed by atoms with Crippen molar-refractivity contribution in [3.63, 3.8) is 0 Å². The molecule has 0 aromatic carbocycles. The lowest BCUT2D eigenvalue weighted by molar-refractivity contribution is -0.142. The summed E-state index contributed by atoms with van der Waals surface area (Å²) in [5.74, 6) is 0.141. The van der Waals surface area contributed by atoms with Gasteiger partial charge in [-0.3, -0.25) is 19.7 Å². The Morgan fingerprint density at radius 3 is 2.54 bits per heavy atom. The summed E-state index contributed by atoms with van der Waals surface area (Å²) in [5, 5.41) is 2.32. The predicted molar refractivity (Wildman–Crippen MR) is 98.5 cm³/mol. The number of anilines is 1. The number of amides is 3. The summed E-state index contributed by atoms with van der Waals surface area (Å²) in [5.41, 5.74) is 1.19. The van der Waals surface area contributed by atoms with Gasteiger partial charge in [0.15, 0.2) is 6.29 Å². The average Bonchev–Trinajstić information content (AvgIpc) is 2.88. The lowest BCUT2D eigenvalue weighted by Gasteiger charge is -2.42. The number of nitrogens with one attached hydrogen (secondary N) is 1. The number of aromatic nitrogens is 1. The molecule has 0 bridgehead atoms. The number of rotatable bonds is 5. The number of fused-ring (bicyclic) bond motifs is 1. The number of ether oxygens (including phenoxy) is 2. The number of carbonyl (C=O) groups excluding carboxylic acids is 3. The molecule has 2 atom stereocenters. The van der Waals surface area contributed by atoms with Crippen LogP contribution in [-0.2, 0) is 19.1 Å². The molecule has 2 saturated heterocycles. The second-order valence-corrected chi connectivity index (χ2v) is 7.46. The molecule has 0 saturated carbocycles. The van der Waals surface area contributed by atoms with Gasteiger partial charge in [-0.15, -0.1) is 0 Å². The molecule has 1 N–H and O–H groups in total. The molecule has 3 amide bonds. The predicted octanol–water partition coefficient (Wildman–Crippen LogP) is 0.459. The van der Waals surface area contributed by atoms with Crippen LogP contribution in [0.5, 0.6) is 0 Å². The smallest absolute Gasteiger partial charge is 0.257 e. The van der Waals surface area contributed by atoms with Gasteiger partial charge < -0.3 is 19.3 Å². The molecule has 28 heavy (non-hydrogen) atoms. The molecule has 1 aromatic rings. The molecule has 3 aliphatic heterocycles. The Morgan fingerprint density at radius 2 is 1.89 bits per heavy atom. The van der Waals surface area contributed by atoms with E-state index in [4.69, 9.17) is 14.5 Å². The van der Waals surface area contributed by atoms with E-state index in [2.05, 4.69) is 10.2 Å². The monoisotopic (exact) mass is 388 g/mol. The van der Waals surface area contributed by atoms with Crippen molar-refractivity contribution in [1.82, 2.24) is 15.2 Å². The van der Waals surface area contributed by atoms with Crippen LogP contribution in [0.15, 0.2) is 12.1 Å². The van der Waals surface area contributed by atoms with Crippen molar-refractivity contribution in [2.75, 3.05) is 32.2 Å². The van der Waals surface area contributed by atoms with E-state index in [0.29, 0.717) is 17.7 Å². The Labute approximate surface area is 163 Å². The van der Waals surface area contributed by atoms with Crippen molar-refractivity contribution in [3.8, 4) is 0 Å². The fourth-order valence-electron chi connectivity index (χ4n) is 4.30. The zero-order valence-electron chi connectivity index (χ0n) is 16.2. The van der Waals surface area contributed by atoms with E-state index < -0.39 is 11.9 Å². The molecule has 4 rings (SSSR count). The second-order valence-electron chi connectivity index (χ2n) is 7.46. The van der Waals surface area contributed by atoms with Crippen LogP contribution in [0.2, 0.25) is 0 Å². The van der Waals surface area contributed by atoms with Gasteiger partial charge in [0.1, 0.15) is 11.9 Å². The molecular formula is C19H24N4O5. The van der Waals surface area contributed by atoms with Gasteiger partial charge in [-0.25, -0.2) is 4.98 Å². The van der Waals surface area contributed by atoms with Crippen LogP contribution >= 0.6 is 0 Å². The first-order valence-electron chi connectivity index (χ1n) is 9.42. The minimum Gasteiger partial charge on any atom is -0.356 e. The normalized spacial score (nSPS) is 25.2. The first kappa shape index (κ1) is 18.8. The number of nitrogens with zero attached hydrogens (tertiary/aromatic N) is 3. The number of carbonyl (C=O) groups is 3. The molecule has 4 heterocycles. The zero-order valence-corrected chi connectivity index (χ0v) is 16.2. The molecule has 0 aliphatic carbocycles. The summed E-state index contributed by atoms with van der Waals surface area (Å²) in [6.45, 7) is 3.39. The topological polar surface area (TPSA) is 101 Å². The van der Waals surface area contributed by atoms with Gasteiger partial charge in [0.2, 0.25) is 11.8 Å². The summed E-state index contributed by atoms with van der Waals surface area (Å²) in [7, 11) is 3.25. The highest BCUT2D eigenvalue weighted by Gasteiger charge is 2.44. The third-order valence-corrected chi connectivity index (χ3v) is 5.82. The number of imide groups is 1.